The van der Waals surface area contributed by atoms with E-state index >= 15 is 0 Å². The lowest BCUT2D eigenvalue weighted by Crippen LogP contribution is -2.20. The maximum absolute atomic E-state index is 13.4. The van der Waals surface area contributed by atoms with Crippen LogP contribution in [0.25, 0.3) is 0 Å². The number of alkyl halides is 3. The molecule has 27 heavy (non-hydrogen) atoms. The van der Waals surface area contributed by atoms with E-state index < -0.39 is 17.6 Å². The number of halogens is 4. The first kappa shape index (κ1) is 19.2. The molecule has 3 rings (SSSR count). The summed E-state index contributed by atoms with van der Waals surface area (Å²) in [6.07, 6.45) is -3.88. The van der Waals surface area contributed by atoms with Crippen LogP contribution in [0.3, 0.4) is 0 Å². The molecule has 0 atom stereocenters. The van der Waals surface area contributed by atoms with Crippen molar-refractivity contribution in [2.24, 2.45) is 0 Å². The quantitative estimate of drug-likeness (QED) is 0.475. The van der Waals surface area contributed by atoms with Crippen molar-refractivity contribution < 1.29 is 17.9 Å². The van der Waals surface area contributed by atoms with Crippen molar-refractivity contribution in [3.63, 3.8) is 0 Å². The second kappa shape index (κ2) is 7.96. The second-order valence-corrected chi connectivity index (χ2v) is 6.44. The fourth-order valence-corrected chi connectivity index (χ4v) is 2.83. The first-order valence-electron chi connectivity index (χ1n) is 8.08. The van der Waals surface area contributed by atoms with Gasteiger partial charge in [0, 0.05) is 22.9 Å². The van der Waals surface area contributed by atoms with Crippen LogP contribution in [0.5, 0.6) is 11.6 Å². The molecule has 0 amide bonds. The Labute approximate surface area is 162 Å². The summed E-state index contributed by atoms with van der Waals surface area (Å²) >= 11 is 3.39. The van der Waals surface area contributed by atoms with Gasteiger partial charge in [0.05, 0.1) is 0 Å². The first-order valence-corrected chi connectivity index (χ1v) is 8.88. The average Bonchev–Trinajstić information content (AvgIpc) is 2.62. The predicted molar refractivity (Wildman–Crippen MR) is 100 cm³/mol. The van der Waals surface area contributed by atoms with Crippen molar-refractivity contribution in [2.45, 2.75) is 13.1 Å². The summed E-state index contributed by atoms with van der Waals surface area (Å²) in [6, 6.07) is 15.6. The van der Waals surface area contributed by atoms with Gasteiger partial charge in [0.1, 0.15) is 11.3 Å². The zero-order valence-electron chi connectivity index (χ0n) is 14.2. The lowest BCUT2D eigenvalue weighted by molar-refractivity contribution is -0.139. The minimum atomic E-state index is -4.63. The summed E-state index contributed by atoms with van der Waals surface area (Å²) in [4.78, 5) is 9.69. The van der Waals surface area contributed by atoms with Crippen LogP contribution in [0, 0.1) is 0 Å². The summed E-state index contributed by atoms with van der Waals surface area (Å²) < 4.78 is 46.3. The standard InChI is InChI=1S/C19H15BrF3N3O/c1-2-26(14-8-6-7-13(20)11-14)18-24-12-16(19(21,22)23)17(25-18)27-15-9-4-3-5-10-15/h3-12H,2H2,1H3. The molecule has 1 aromatic heterocycles. The molecule has 0 spiro atoms. The van der Waals surface area contributed by atoms with Crippen LogP contribution in [0.1, 0.15) is 12.5 Å². The van der Waals surface area contributed by atoms with Crippen LogP contribution in [-0.2, 0) is 6.18 Å². The Balaban J connectivity index is 2.05. The number of anilines is 2. The highest BCUT2D eigenvalue weighted by Crippen LogP contribution is 2.38. The van der Waals surface area contributed by atoms with E-state index in [2.05, 4.69) is 25.9 Å². The van der Waals surface area contributed by atoms with Crippen LogP contribution in [0.15, 0.2) is 65.3 Å². The van der Waals surface area contributed by atoms with E-state index in [-0.39, 0.29) is 11.7 Å². The first-order chi connectivity index (χ1) is 12.9. The summed E-state index contributed by atoms with van der Waals surface area (Å²) in [5.74, 6) is -0.153. The van der Waals surface area contributed by atoms with Gasteiger partial charge in [-0.05, 0) is 37.3 Å². The summed E-state index contributed by atoms with van der Waals surface area (Å²) in [5, 5.41) is 0. The second-order valence-electron chi connectivity index (χ2n) is 5.53. The average molecular weight is 438 g/mol. The Hall–Kier alpha value is -2.61. The van der Waals surface area contributed by atoms with Crippen LogP contribution in [0.2, 0.25) is 0 Å². The molecule has 0 bridgehead atoms. The van der Waals surface area contributed by atoms with Crippen molar-refractivity contribution >= 4 is 27.6 Å². The molecule has 4 nitrogen and oxygen atoms in total. The predicted octanol–water partition coefficient (Wildman–Crippen LogP) is 6.21. The van der Waals surface area contributed by atoms with Gasteiger partial charge in [0.2, 0.25) is 11.8 Å². The summed E-state index contributed by atoms with van der Waals surface area (Å²) in [6.45, 7) is 2.33. The molecule has 2 aromatic carbocycles. The number of para-hydroxylation sites is 1. The van der Waals surface area contributed by atoms with E-state index in [1.807, 2.05) is 31.2 Å². The van der Waals surface area contributed by atoms with Crippen LogP contribution in [-0.4, -0.2) is 16.5 Å². The van der Waals surface area contributed by atoms with E-state index in [0.29, 0.717) is 6.54 Å². The van der Waals surface area contributed by atoms with Crippen molar-refractivity contribution in [1.29, 1.82) is 0 Å². The van der Waals surface area contributed by atoms with Gasteiger partial charge >= 0.3 is 6.18 Å². The minimum Gasteiger partial charge on any atom is -0.438 e. The van der Waals surface area contributed by atoms with Crippen molar-refractivity contribution in [3.8, 4) is 11.6 Å². The maximum Gasteiger partial charge on any atom is 0.423 e. The van der Waals surface area contributed by atoms with E-state index in [4.69, 9.17) is 4.74 Å². The molecule has 3 aromatic rings. The molecule has 0 fully saturated rings. The van der Waals surface area contributed by atoms with Crippen LogP contribution >= 0.6 is 15.9 Å². The van der Waals surface area contributed by atoms with Gasteiger partial charge in [-0.1, -0.05) is 40.2 Å². The van der Waals surface area contributed by atoms with E-state index in [1.165, 1.54) is 0 Å². The zero-order valence-corrected chi connectivity index (χ0v) is 15.8. The number of hydrogen-bond acceptors (Lipinski definition) is 4. The molecule has 0 saturated heterocycles. The van der Waals surface area contributed by atoms with Crippen molar-refractivity contribution in [3.05, 3.63) is 70.8 Å². The van der Waals surface area contributed by atoms with Gasteiger partial charge in [-0.2, -0.15) is 18.2 Å². The molecule has 0 radical (unpaired) electrons. The lowest BCUT2D eigenvalue weighted by Gasteiger charge is -2.22. The topological polar surface area (TPSA) is 38.2 Å². The number of rotatable bonds is 5. The van der Waals surface area contributed by atoms with E-state index in [0.717, 1.165) is 16.4 Å². The SMILES string of the molecule is CCN(c1cccc(Br)c1)c1ncc(C(F)(F)F)c(Oc2ccccc2)n1. The third-order valence-corrected chi connectivity index (χ3v) is 4.17. The zero-order chi connectivity index (χ0) is 19.4. The van der Waals surface area contributed by atoms with Crippen LogP contribution in [0.4, 0.5) is 24.8 Å². The fourth-order valence-electron chi connectivity index (χ4n) is 2.44. The number of nitrogens with zero attached hydrogens (tertiary/aromatic N) is 3. The Kier molecular flexibility index (Phi) is 5.65. The monoisotopic (exact) mass is 437 g/mol. The number of ether oxygens (including phenoxy) is 1. The molecule has 0 N–H and O–H groups in total. The molecular formula is C19H15BrF3N3O. The van der Waals surface area contributed by atoms with Crippen molar-refractivity contribution in [1.82, 2.24) is 9.97 Å². The third kappa shape index (κ3) is 4.57. The molecule has 0 saturated carbocycles. The molecule has 8 heteroatoms. The molecule has 140 valence electrons. The van der Waals surface area contributed by atoms with Crippen molar-refractivity contribution in [2.75, 3.05) is 11.4 Å². The van der Waals surface area contributed by atoms with Gasteiger partial charge in [-0.3, -0.25) is 0 Å². The van der Waals surface area contributed by atoms with Gasteiger partial charge in [-0.25, -0.2) is 4.98 Å². The lowest BCUT2D eigenvalue weighted by atomic mass is 10.3. The van der Waals surface area contributed by atoms with Gasteiger partial charge in [-0.15, -0.1) is 0 Å². The molecular weight excluding hydrogens is 423 g/mol. The number of hydrogen-bond donors (Lipinski definition) is 0. The molecule has 0 aliphatic heterocycles. The number of aromatic nitrogens is 2. The van der Waals surface area contributed by atoms with E-state index in [9.17, 15) is 13.2 Å². The maximum atomic E-state index is 13.4. The largest absolute Gasteiger partial charge is 0.438 e. The molecule has 0 aliphatic rings. The highest BCUT2D eigenvalue weighted by Gasteiger charge is 2.37. The molecule has 0 aliphatic carbocycles. The Morgan fingerprint density at radius 3 is 2.44 bits per heavy atom. The fraction of sp³-hybridized carbons (Fsp3) is 0.158. The molecule has 0 unspecified atom stereocenters. The van der Waals surface area contributed by atoms with Gasteiger partial charge < -0.3 is 9.64 Å². The Bertz CT molecular complexity index is 920. The highest BCUT2D eigenvalue weighted by atomic mass is 79.9. The van der Waals surface area contributed by atoms with E-state index in [1.54, 1.807) is 35.2 Å². The smallest absolute Gasteiger partial charge is 0.423 e. The highest BCUT2D eigenvalue weighted by molar-refractivity contribution is 9.10. The van der Waals surface area contributed by atoms with Crippen LogP contribution < -0.4 is 9.64 Å². The van der Waals surface area contributed by atoms with Gasteiger partial charge in [0.15, 0.2) is 0 Å². The summed E-state index contributed by atoms with van der Waals surface area (Å²) in [5.41, 5.74) is -0.280. The Morgan fingerprint density at radius 1 is 1.07 bits per heavy atom. The summed E-state index contributed by atoms with van der Waals surface area (Å²) in [7, 11) is 0. The van der Waals surface area contributed by atoms with Gasteiger partial charge in [0.25, 0.3) is 0 Å². The Morgan fingerprint density at radius 2 is 1.81 bits per heavy atom. The number of benzene rings is 2. The normalized spacial score (nSPS) is 11.3. The molecule has 1 heterocycles. The third-order valence-electron chi connectivity index (χ3n) is 3.68. The minimum absolute atomic E-state index is 0.120.